The van der Waals surface area contributed by atoms with E-state index in [0.717, 1.165) is 29.1 Å². The summed E-state index contributed by atoms with van der Waals surface area (Å²) in [6, 6.07) is 7.77. The van der Waals surface area contributed by atoms with E-state index in [1.54, 1.807) is 11.3 Å². The molecule has 23 heavy (non-hydrogen) atoms. The molecule has 1 saturated heterocycles. The predicted molar refractivity (Wildman–Crippen MR) is 93.8 cm³/mol. The van der Waals surface area contributed by atoms with E-state index in [-0.39, 0.29) is 23.8 Å². The molecule has 0 radical (unpaired) electrons. The Balaban J connectivity index is 1.59. The number of nitrogens with one attached hydrogen (secondary N) is 1. The molecule has 1 fully saturated rings. The molecule has 1 aliphatic rings. The molecular formula is C17H20N2O2S2. The Bertz CT molecular complexity index is 652. The maximum atomic E-state index is 12.5. The first-order valence-corrected chi connectivity index (χ1v) is 9.57. The van der Waals surface area contributed by atoms with Gasteiger partial charge in [0.25, 0.3) is 5.91 Å². The molecule has 2 aromatic rings. The summed E-state index contributed by atoms with van der Waals surface area (Å²) in [6.45, 7) is 3.25. The van der Waals surface area contributed by atoms with Crippen LogP contribution in [-0.2, 0) is 4.79 Å². The fourth-order valence-electron chi connectivity index (χ4n) is 2.87. The lowest BCUT2D eigenvalue weighted by Crippen LogP contribution is -2.45. The van der Waals surface area contributed by atoms with Crippen molar-refractivity contribution in [3.8, 4) is 0 Å². The van der Waals surface area contributed by atoms with Crippen LogP contribution in [0.15, 0.2) is 35.0 Å². The van der Waals surface area contributed by atoms with Gasteiger partial charge in [0.1, 0.15) is 0 Å². The Kier molecular flexibility index (Phi) is 5.13. The Labute approximate surface area is 144 Å². The Morgan fingerprint density at radius 3 is 2.74 bits per heavy atom. The summed E-state index contributed by atoms with van der Waals surface area (Å²) in [5, 5.41) is 7.00. The van der Waals surface area contributed by atoms with Crippen molar-refractivity contribution in [2.75, 3.05) is 13.1 Å². The highest BCUT2D eigenvalue weighted by atomic mass is 32.1. The van der Waals surface area contributed by atoms with Crippen LogP contribution in [0.5, 0.6) is 0 Å². The fraction of sp³-hybridized carbons (Fsp3) is 0.412. The number of carbonyl (C=O) groups is 2. The topological polar surface area (TPSA) is 49.4 Å². The average molecular weight is 348 g/mol. The SMILES string of the molecule is C[C@H](NC(=O)[C@@H]1CCCN(C(=O)c2cccs2)C1)c1cccs1. The van der Waals surface area contributed by atoms with Crippen LogP contribution in [0, 0.1) is 5.92 Å². The van der Waals surface area contributed by atoms with Gasteiger partial charge in [-0.25, -0.2) is 0 Å². The summed E-state index contributed by atoms with van der Waals surface area (Å²) in [6.07, 6.45) is 1.72. The highest BCUT2D eigenvalue weighted by molar-refractivity contribution is 7.12. The van der Waals surface area contributed by atoms with Gasteiger partial charge in [-0.3, -0.25) is 9.59 Å². The van der Waals surface area contributed by atoms with Crippen molar-refractivity contribution in [2.45, 2.75) is 25.8 Å². The van der Waals surface area contributed by atoms with E-state index < -0.39 is 0 Å². The zero-order valence-electron chi connectivity index (χ0n) is 13.0. The van der Waals surface area contributed by atoms with Crippen LogP contribution in [0.1, 0.15) is 40.4 Å². The van der Waals surface area contributed by atoms with Crippen LogP contribution >= 0.6 is 22.7 Å². The zero-order valence-corrected chi connectivity index (χ0v) is 14.7. The van der Waals surface area contributed by atoms with Crippen molar-refractivity contribution in [3.63, 3.8) is 0 Å². The van der Waals surface area contributed by atoms with Gasteiger partial charge < -0.3 is 10.2 Å². The smallest absolute Gasteiger partial charge is 0.263 e. The van der Waals surface area contributed by atoms with Crippen LogP contribution in [0.2, 0.25) is 0 Å². The summed E-state index contributed by atoms with van der Waals surface area (Å²) in [5.41, 5.74) is 0. The summed E-state index contributed by atoms with van der Waals surface area (Å²) in [5.74, 6) is -0.0199. The lowest BCUT2D eigenvalue weighted by molar-refractivity contribution is -0.126. The molecule has 0 aromatic carbocycles. The molecule has 1 N–H and O–H groups in total. The lowest BCUT2D eigenvalue weighted by atomic mass is 9.96. The molecule has 0 bridgehead atoms. The third-order valence-corrected chi connectivity index (χ3v) is 6.05. The lowest BCUT2D eigenvalue weighted by Gasteiger charge is -2.32. The molecule has 6 heteroatoms. The van der Waals surface area contributed by atoms with E-state index in [1.165, 1.54) is 11.3 Å². The monoisotopic (exact) mass is 348 g/mol. The Hall–Kier alpha value is -1.66. The van der Waals surface area contributed by atoms with Crippen molar-refractivity contribution in [2.24, 2.45) is 5.92 Å². The van der Waals surface area contributed by atoms with Crippen LogP contribution < -0.4 is 5.32 Å². The van der Waals surface area contributed by atoms with E-state index in [4.69, 9.17) is 0 Å². The molecule has 2 amide bonds. The number of likely N-dealkylation sites (tertiary alicyclic amines) is 1. The largest absolute Gasteiger partial charge is 0.348 e. The minimum atomic E-state index is -0.116. The van der Waals surface area contributed by atoms with Crippen molar-refractivity contribution in [3.05, 3.63) is 44.8 Å². The minimum absolute atomic E-state index is 0.0193. The van der Waals surface area contributed by atoms with Gasteiger partial charge in [-0.2, -0.15) is 0 Å². The van der Waals surface area contributed by atoms with Crippen molar-refractivity contribution < 1.29 is 9.59 Å². The fourth-order valence-corrected chi connectivity index (χ4v) is 4.30. The summed E-state index contributed by atoms with van der Waals surface area (Å²) >= 11 is 3.10. The van der Waals surface area contributed by atoms with Gasteiger partial charge in [0.05, 0.1) is 16.8 Å². The van der Waals surface area contributed by atoms with Crippen molar-refractivity contribution in [1.82, 2.24) is 10.2 Å². The van der Waals surface area contributed by atoms with E-state index in [1.807, 2.05) is 46.8 Å². The van der Waals surface area contributed by atoms with Crippen LogP contribution in [0.3, 0.4) is 0 Å². The molecular weight excluding hydrogens is 328 g/mol. The Morgan fingerprint density at radius 2 is 2.04 bits per heavy atom. The van der Waals surface area contributed by atoms with Gasteiger partial charge in [0.2, 0.25) is 5.91 Å². The van der Waals surface area contributed by atoms with E-state index in [0.29, 0.717) is 6.54 Å². The molecule has 4 nitrogen and oxygen atoms in total. The van der Waals surface area contributed by atoms with Crippen molar-refractivity contribution >= 4 is 34.5 Å². The third kappa shape index (κ3) is 3.82. The molecule has 0 spiro atoms. The first-order chi connectivity index (χ1) is 11.1. The molecule has 0 saturated carbocycles. The molecule has 3 rings (SSSR count). The van der Waals surface area contributed by atoms with E-state index in [9.17, 15) is 9.59 Å². The molecule has 0 unspecified atom stereocenters. The highest BCUT2D eigenvalue weighted by Crippen LogP contribution is 2.23. The number of rotatable bonds is 4. The van der Waals surface area contributed by atoms with Crippen LogP contribution in [0.4, 0.5) is 0 Å². The van der Waals surface area contributed by atoms with Gasteiger partial charge in [-0.05, 0) is 42.7 Å². The number of hydrogen-bond acceptors (Lipinski definition) is 4. The molecule has 2 aromatic heterocycles. The number of nitrogens with zero attached hydrogens (tertiary/aromatic N) is 1. The summed E-state index contributed by atoms with van der Waals surface area (Å²) in [7, 11) is 0. The Morgan fingerprint density at radius 1 is 1.26 bits per heavy atom. The van der Waals surface area contributed by atoms with Crippen molar-refractivity contribution in [1.29, 1.82) is 0 Å². The maximum Gasteiger partial charge on any atom is 0.263 e. The standard InChI is InChI=1S/C17H20N2O2S2/c1-12(14-6-3-9-22-14)18-16(20)13-5-2-8-19(11-13)17(21)15-7-4-10-23-15/h3-4,6-7,9-10,12-13H,2,5,8,11H2,1H3,(H,18,20)/t12-,13+/m0/s1. The second kappa shape index (κ2) is 7.27. The van der Waals surface area contributed by atoms with Gasteiger partial charge in [0.15, 0.2) is 0 Å². The predicted octanol–water partition coefficient (Wildman–Crippen LogP) is 3.54. The van der Waals surface area contributed by atoms with Crippen LogP contribution in [-0.4, -0.2) is 29.8 Å². The van der Waals surface area contributed by atoms with Gasteiger partial charge in [-0.15, -0.1) is 22.7 Å². The molecule has 1 aliphatic heterocycles. The average Bonchev–Trinajstić information content (AvgIpc) is 3.27. The molecule has 0 aliphatic carbocycles. The van der Waals surface area contributed by atoms with Gasteiger partial charge >= 0.3 is 0 Å². The first-order valence-electron chi connectivity index (χ1n) is 7.81. The second-order valence-corrected chi connectivity index (χ2v) is 7.74. The normalized spacial score (nSPS) is 19.3. The summed E-state index contributed by atoms with van der Waals surface area (Å²) < 4.78 is 0. The summed E-state index contributed by atoms with van der Waals surface area (Å²) in [4.78, 5) is 28.7. The second-order valence-electron chi connectivity index (χ2n) is 5.81. The number of thiophene rings is 2. The molecule has 3 heterocycles. The first kappa shape index (κ1) is 16.2. The number of piperidine rings is 1. The number of carbonyl (C=O) groups excluding carboxylic acids is 2. The quantitative estimate of drug-likeness (QED) is 0.919. The number of amides is 2. The van der Waals surface area contributed by atoms with Gasteiger partial charge in [-0.1, -0.05) is 12.1 Å². The third-order valence-electron chi connectivity index (χ3n) is 4.14. The minimum Gasteiger partial charge on any atom is -0.348 e. The van der Waals surface area contributed by atoms with Gasteiger partial charge in [0, 0.05) is 18.0 Å². The zero-order chi connectivity index (χ0) is 16.2. The molecule has 122 valence electrons. The van der Waals surface area contributed by atoms with Crippen LogP contribution in [0.25, 0.3) is 0 Å². The van der Waals surface area contributed by atoms with E-state index in [2.05, 4.69) is 5.32 Å². The molecule has 2 atom stereocenters. The van der Waals surface area contributed by atoms with E-state index >= 15 is 0 Å². The number of hydrogen-bond donors (Lipinski definition) is 1. The highest BCUT2D eigenvalue weighted by Gasteiger charge is 2.29. The maximum absolute atomic E-state index is 12.5.